The second-order valence-corrected chi connectivity index (χ2v) is 7.11. The number of ketones is 1. The third-order valence-corrected chi connectivity index (χ3v) is 5.16. The first kappa shape index (κ1) is 13.9. The Balaban J connectivity index is 1.95. The molecule has 0 radical (unpaired) electrons. The highest BCUT2D eigenvalue weighted by atomic mass is 79.9. The molecular weight excluding hydrogens is 332 g/mol. The number of aryl methyl sites for hydroxylation is 2. The fraction of sp³-hybridized carbons (Fsp3) is 0.235. The summed E-state index contributed by atoms with van der Waals surface area (Å²) in [6, 6.07) is 12.5. The van der Waals surface area contributed by atoms with Crippen LogP contribution in [-0.2, 0) is 12.8 Å². The van der Waals surface area contributed by atoms with E-state index in [9.17, 15) is 4.79 Å². The number of carbonyl (C=O) groups is 1. The van der Waals surface area contributed by atoms with Gasteiger partial charge in [0.2, 0.25) is 0 Å². The Morgan fingerprint density at radius 2 is 1.90 bits per heavy atom. The van der Waals surface area contributed by atoms with Gasteiger partial charge in [-0.2, -0.15) is 0 Å². The number of hydrogen-bond acceptors (Lipinski definition) is 2. The van der Waals surface area contributed by atoms with Crippen LogP contribution in [0.3, 0.4) is 0 Å². The summed E-state index contributed by atoms with van der Waals surface area (Å²) in [5, 5.41) is 0. The van der Waals surface area contributed by atoms with Crippen LogP contribution in [0.4, 0.5) is 0 Å². The van der Waals surface area contributed by atoms with Gasteiger partial charge in [-0.15, -0.1) is 0 Å². The summed E-state index contributed by atoms with van der Waals surface area (Å²) < 4.78 is 1.01. The zero-order valence-electron chi connectivity index (χ0n) is 11.3. The third kappa shape index (κ3) is 2.84. The average Bonchev–Trinajstić information content (AvgIpc) is 2.85. The van der Waals surface area contributed by atoms with E-state index in [0.29, 0.717) is 0 Å². The van der Waals surface area contributed by atoms with Crippen LogP contribution in [0.2, 0.25) is 0 Å². The molecule has 1 aliphatic carbocycles. The quantitative estimate of drug-likeness (QED) is 0.702. The molecule has 0 fully saturated rings. The molecule has 1 aliphatic rings. The van der Waals surface area contributed by atoms with Crippen molar-refractivity contribution in [3.05, 3.63) is 57.6 Å². The number of carbonyl (C=O) groups excluding carboxylic acids is 1. The highest BCUT2D eigenvalue weighted by Crippen LogP contribution is 2.35. The maximum absolute atomic E-state index is 11.7. The number of benzene rings is 2. The Morgan fingerprint density at radius 3 is 2.70 bits per heavy atom. The summed E-state index contributed by atoms with van der Waals surface area (Å²) in [6.07, 6.45) is 3.65. The largest absolute Gasteiger partial charge is 0.294 e. The topological polar surface area (TPSA) is 17.1 Å². The van der Waals surface area contributed by atoms with E-state index in [2.05, 4.69) is 34.1 Å². The molecule has 1 nitrogen and oxygen atoms in total. The van der Waals surface area contributed by atoms with Gasteiger partial charge in [-0.05, 0) is 67.6 Å². The predicted octanol–water partition coefficient (Wildman–Crippen LogP) is 5.29. The maximum atomic E-state index is 11.7. The Labute approximate surface area is 131 Å². The van der Waals surface area contributed by atoms with Crippen LogP contribution in [0.5, 0.6) is 0 Å². The normalized spacial score (nSPS) is 13.3. The molecule has 0 bridgehead atoms. The van der Waals surface area contributed by atoms with Crippen LogP contribution in [-0.4, -0.2) is 5.78 Å². The molecule has 0 N–H and O–H groups in total. The fourth-order valence-electron chi connectivity index (χ4n) is 2.61. The highest BCUT2D eigenvalue weighted by molar-refractivity contribution is 9.10. The summed E-state index contributed by atoms with van der Waals surface area (Å²) >= 11 is 5.16. The SMILES string of the molecule is CC(=O)c1ccc(Br)cc1Sc1ccc2c(c1)CCC2. The number of rotatable bonds is 3. The van der Waals surface area contributed by atoms with E-state index >= 15 is 0 Å². The Hall–Kier alpha value is -1.06. The molecule has 0 aromatic heterocycles. The summed E-state index contributed by atoms with van der Waals surface area (Å²) in [5.74, 6) is 0.112. The first-order valence-electron chi connectivity index (χ1n) is 6.73. The maximum Gasteiger partial charge on any atom is 0.160 e. The molecule has 0 heterocycles. The Bertz CT molecular complexity index is 679. The van der Waals surface area contributed by atoms with Gasteiger partial charge in [-0.25, -0.2) is 0 Å². The van der Waals surface area contributed by atoms with Crippen molar-refractivity contribution in [2.24, 2.45) is 0 Å². The van der Waals surface area contributed by atoms with Gasteiger partial charge in [0.1, 0.15) is 0 Å². The number of Topliss-reactive ketones (excluding diaryl/α,β-unsaturated/α-hetero) is 1. The van der Waals surface area contributed by atoms with Crippen molar-refractivity contribution >= 4 is 33.5 Å². The molecule has 0 atom stereocenters. The molecule has 0 spiro atoms. The van der Waals surface area contributed by atoms with Gasteiger partial charge >= 0.3 is 0 Å². The first-order valence-corrected chi connectivity index (χ1v) is 8.34. The molecule has 0 aliphatic heterocycles. The lowest BCUT2D eigenvalue weighted by Crippen LogP contribution is -1.95. The summed E-state index contributed by atoms with van der Waals surface area (Å²) in [7, 11) is 0. The van der Waals surface area contributed by atoms with Crippen LogP contribution in [0.15, 0.2) is 50.7 Å². The minimum absolute atomic E-state index is 0.112. The van der Waals surface area contributed by atoms with Crippen molar-refractivity contribution in [2.75, 3.05) is 0 Å². The van der Waals surface area contributed by atoms with Gasteiger partial charge in [0, 0.05) is 19.8 Å². The smallest absolute Gasteiger partial charge is 0.160 e. The molecule has 102 valence electrons. The van der Waals surface area contributed by atoms with Crippen LogP contribution in [0, 0.1) is 0 Å². The number of hydrogen-bond donors (Lipinski definition) is 0. The molecular formula is C17H15BrOS. The second kappa shape index (κ2) is 5.74. The van der Waals surface area contributed by atoms with Crippen molar-refractivity contribution in [1.82, 2.24) is 0 Å². The van der Waals surface area contributed by atoms with E-state index in [4.69, 9.17) is 0 Å². The minimum atomic E-state index is 0.112. The van der Waals surface area contributed by atoms with Crippen molar-refractivity contribution in [1.29, 1.82) is 0 Å². The second-order valence-electron chi connectivity index (χ2n) is 5.08. The highest BCUT2D eigenvalue weighted by Gasteiger charge is 2.13. The molecule has 2 aromatic carbocycles. The van der Waals surface area contributed by atoms with E-state index < -0.39 is 0 Å². The van der Waals surface area contributed by atoms with Crippen LogP contribution in [0.1, 0.15) is 34.8 Å². The van der Waals surface area contributed by atoms with Crippen LogP contribution >= 0.6 is 27.7 Å². The van der Waals surface area contributed by atoms with Gasteiger partial charge in [0.15, 0.2) is 5.78 Å². The molecule has 0 saturated carbocycles. The molecule has 3 rings (SSSR count). The number of fused-ring (bicyclic) bond motifs is 1. The van der Waals surface area contributed by atoms with Crippen molar-refractivity contribution in [3.8, 4) is 0 Å². The average molecular weight is 347 g/mol. The summed E-state index contributed by atoms with van der Waals surface area (Å²) in [4.78, 5) is 14.0. The van der Waals surface area contributed by atoms with Gasteiger partial charge in [-0.3, -0.25) is 4.79 Å². The Morgan fingerprint density at radius 1 is 1.10 bits per heavy atom. The molecule has 0 unspecified atom stereocenters. The third-order valence-electron chi connectivity index (χ3n) is 3.62. The van der Waals surface area contributed by atoms with E-state index in [0.717, 1.165) is 14.9 Å². The van der Waals surface area contributed by atoms with E-state index in [1.807, 2.05) is 18.2 Å². The molecule has 20 heavy (non-hydrogen) atoms. The summed E-state index contributed by atoms with van der Waals surface area (Å²) in [6.45, 7) is 1.62. The lowest BCUT2D eigenvalue weighted by molar-refractivity contribution is 0.101. The van der Waals surface area contributed by atoms with Gasteiger partial charge in [0.05, 0.1) is 0 Å². The molecule has 0 amide bonds. The standard InChI is InChI=1S/C17H15BrOS/c1-11(19)16-8-6-14(18)10-17(16)20-15-7-5-12-3-2-4-13(12)9-15/h5-10H,2-4H2,1H3. The Kier molecular flexibility index (Phi) is 3.99. The lowest BCUT2D eigenvalue weighted by Gasteiger charge is -2.09. The lowest BCUT2D eigenvalue weighted by atomic mass is 10.1. The van der Waals surface area contributed by atoms with Crippen LogP contribution in [0.25, 0.3) is 0 Å². The molecule has 3 heteroatoms. The zero-order chi connectivity index (χ0) is 14.1. The van der Waals surface area contributed by atoms with Crippen molar-refractivity contribution in [3.63, 3.8) is 0 Å². The van der Waals surface area contributed by atoms with Gasteiger partial charge in [0.25, 0.3) is 0 Å². The van der Waals surface area contributed by atoms with Gasteiger partial charge < -0.3 is 0 Å². The minimum Gasteiger partial charge on any atom is -0.294 e. The number of halogens is 1. The van der Waals surface area contributed by atoms with E-state index in [1.165, 1.54) is 35.3 Å². The monoisotopic (exact) mass is 346 g/mol. The predicted molar refractivity (Wildman–Crippen MR) is 86.7 cm³/mol. The van der Waals surface area contributed by atoms with Crippen molar-refractivity contribution < 1.29 is 4.79 Å². The van der Waals surface area contributed by atoms with E-state index in [-0.39, 0.29) is 5.78 Å². The van der Waals surface area contributed by atoms with Gasteiger partial charge in [-0.1, -0.05) is 33.8 Å². The van der Waals surface area contributed by atoms with Crippen molar-refractivity contribution in [2.45, 2.75) is 36.0 Å². The van der Waals surface area contributed by atoms with E-state index in [1.54, 1.807) is 18.7 Å². The first-order chi connectivity index (χ1) is 9.63. The summed E-state index contributed by atoms with van der Waals surface area (Å²) in [5.41, 5.74) is 3.74. The zero-order valence-corrected chi connectivity index (χ0v) is 13.7. The molecule has 2 aromatic rings. The molecule has 0 saturated heterocycles. The van der Waals surface area contributed by atoms with Crippen LogP contribution < -0.4 is 0 Å². The fourth-order valence-corrected chi connectivity index (χ4v) is 4.22.